The molecule has 2 aromatic rings. The molecule has 1 heterocycles. The molecule has 0 saturated carbocycles. The van der Waals surface area contributed by atoms with E-state index in [0.29, 0.717) is 5.02 Å². The molecule has 4 heteroatoms. The Hall–Kier alpha value is -1.06. The molecule has 0 spiro atoms. The van der Waals surface area contributed by atoms with Gasteiger partial charge in [-0.3, -0.25) is 0 Å². The minimum Gasteiger partial charge on any atom is -0.330 e. The van der Waals surface area contributed by atoms with E-state index in [0.717, 1.165) is 10.8 Å². The number of halogens is 1. The third kappa shape index (κ3) is 1.99. The predicted octanol–water partition coefficient (Wildman–Crippen LogP) is 3.54. The zero-order valence-corrected chi connectivity index (χ0v) is 8.27. The SMILES string of the molecule is Clc1ccccc1Nc1nccs1. The second-order valence-corrected chi connectivity index (χ2v) is 3.74. The summed E-state index contributed by atoms with van der Waals surface area (Å²) >= 11 is 7.50. The fraction of sp³-hybridized carbons (Fsp3) is 0. The lowest BCUT2D eigenvalue weighted by atomic mass is 10.3. The summed E-state index contributed by atoms with van der Waals surface area (Å²) in [6, 6.07) is 7.60. The van der Waals surface area contributed by atoms with Gasteiger partial charge in [-0.25, -0.2) is 4.98 Å². The molecule has 0 saturated heterocycles. The van der Waals surface area contributed by atoms with Crippen LogP contribution in [0.2, 0.25) is 5.02 Å². The Morgan fingerprint density at radius 3 is 2.85 bits per heavy atom. The van der Waals surface area contributed by atoms with Gasteiger partial charge in [0, 0.05) is 11.6 Å². The van der Waals surface area contributed by atoms with Crippen molar-refractivity contribution in [2.24, 2.45) is 0 Å². The molecule has 1 aromatic carbocycles. The van der Waals surface area contributed by atoms with Crippen molar-refractivity contribution in [1.29, 1.82) is 0 Å². The second-order valence-electron chi connectivity index (χ2n) is 2.44. The number of rotatable bonds is 2. The van der Waals surface area contributed by atoms with E-state index < -0.39 is 0 Å². The Morgan fingerprint density at radius 2 is 2.15 bits per heavy atom. The third-order valence-electron chi connectivity index (χ3n) is 1.55. The average Bonchev–Trinajstić information content (AvgIpc) is 2.61. The standard InChI is InChI=1S/C9H7ClN2S/c10-7-3-1-2-4-8(7)12-9-11-5-6-13-9/h1-6H,(H,11,12). The van der Waals surface area contributed by atoms with Crippen LogP contribution in [0.1, 0.15) is 0 Å². The molecule has 1 N–H and O–H groups in total. The highest BCUT2D eigenvalue weighted by Gasteiger charge is 1.99. The van der Waals surface area contributed by atoms with Crippen LogP contribution in [0.15, 0.2) is 35.8 Å². The molecule has 0 aliphatic rings. The number of nitrogens with zero attached hydrogens (tertiary/aromatic N) is 1. The van der Waals surface area contributed by atoms with Crippen LogP contribution in [0, 0.1) is 0 Å². The highest BCUT2D eigenvalue weighted by atomic mass is 35.5. The van der Waals surface area contributed by atoms with Gasteiger partial charge >= 0.3 is 0 Å². The van der Waals surface area contributed by atoms with E-state index in [1.54, 1.807) is 17.5 Å². The number of hydrogen-bond donors (Lipinski definition) is 1. The van der Waals surface area contributed by atoms with Crippen molar-refractivity contribution in [1.82, 2.24) is 4.98 Å². The van der Waals surface area contributed by atoms with E-state index in [1.165, 1.54) is 0 Å². The van der Waals surface area contributed by atoms with Crippen LogP contribution in [0.4, 0.5) is 10.8 Å². The van der Waals surface area contributed by atoms with Crippen LogP contribution in [0.5, 0.6) is 0 Å². The number of nitrogens with one attached hydrogen (secondary N) is 1. The third-order valence-corrected chi connectivity index (χ3v) is 2.57. The van der Waals surface area contributed by atoms with Gasteiger partial charge in [-0.1, -0.05) is 23.7 Å². The molecular formula is C9H7ClN2S. The van der Waals surface area contributed by atoms with Crippen LogP contribution in [-0.4, -0.2) is 4.98 Å². The zero-order chi connectivity index (χ0) is 9.10. The summed E-state index contributed by atoms with van der Waals surface area (Å²) in [4.78, 5) is 4.10. The Bertz CT molecular complexity index is 386. The maximum Gasteiger partial charge on any atom is 0.187 e. The molecule has 0 radical (unpaired) electrons. The molecule has 0 fully saturated rings. The molecule has 1 aromatic heterocycles. The van der Waals surface area contributed by atoms with Crippen LogP contribution < -0.4 is 5.32 Å². The van der Waals surface area contributed by atoms with E-state index in [9.17, 15) is 0 Å². The zero-order valence-electron chi connectivity index (χ0n) is 6.70. The second kappa shape index (κ2) is 3.77. The largest absolute Gasteiger partial charge is 0.330 e. The van der Waals surface area contributed by atoms with E-state index in [1.807, 2.05) is 29.6 Å². The first-order chi connectivity index (χ1) is 6.36. The van der Waals surface area contributed by atoms with Crippen molar-refractivity contribution in [2.45, 2.75) is 0 Å². The van der Waals surface area contributed by atoms with Crippen LogP contribution in [0.25, 0.3) is 0 Å². The van der Waals surface area contributed by atoms with E-state index >= 15 is 0 Å². The number of para-hydroxylation sites is 1. The molecule has 0 aliphatic heterocycles. The fourth-order valence-electron chi connectivity index (χ4n) is 0.963. The lowest BCUT2D eigenvalue weighted by Gasteiger charge is -2.03. The summed E-state index contributed by atoms with van der Waals surface area (Å²) in [7, 11) is 0. The lowest BCUT2D eigenvalue weighted by molar-refractivity contribution is 1.39. The topological polar surface area (TPSA) is 24.9 Å². The number of benzene rings is 1. The van der Waals surface area contributed by atoms with Crippen LogP contribution in [0.3, 0.4) is 0 Å². The van der Waals surface area contributed by atoms with E-state index in [2.05, 4.69) is 10.3 Å². The number of anilines is 2. The van der Waals surface area contributed by atoms with Crippen molar-refractivity contribution < 1.29 is 0 Å². The van der Waals surface area contributed by atoms with Crippen molar-refractivity contribution in [2.75, 3.05) is 5.32 Å². The molecule has 13 heavy (non-hydrogen) atoms. The van der Waals surface area contributed by atoms with Gasteiger partial charge in [0.15, 0.2) is 5.13 Å². The van der Waals surface area contributed by atoms with Gasteiger partial charge in [-0.15, -0.1) is 11.3 Å². The summed E-state index contributed by atoms with van der Waals surface area (Å²) in [6.07, 6.45) is 1.75. The number of hydrogen-bond acceptors (Lipinski definition) is 3. The Morgan fingerprint density at radius 1 is 1.31 bits per heavy atom. The summed E-state index contributed by atoms with van der Waals surface area (Å²) in [5, 5.41) is 6.60. The molecule has 0 unspecified atom stereocenters. The van der Waals surface area contributed by atoms with E-state index in [4.69, 9.17) is 11.6 Å². The molecular weight excluding hydrogens is 204 g/mol. The molecule has 2 rings (SSSR count). The van der Waals surface area contributed by atoms with Gasteiger partial charge in [0.1, 0.15) is 0 Å². The molecule has 0 bridgehead atoms. The minimum absolute atomic E-state index is 0.706. The van der Waals surface area contributed by atoms with Gasteiger partial charge in [0.05, 0.1) is 10.7 Å². The summed E-state index contributed by atoms with van der Waals surface area (Å²) < 4.78 is 0. The lowest BCUT2D eigenvalue weighted by Crippen LogP contribution is -1.88. The maximum absolute atomic E-state index is 5.96. The van der Waals surface area contributed by atoms with E-state index in [-0.39, 0.29) is 0 Å². The van der Waals surface area contributed by atoms with Gasteiger partial charge in [-0.2, -0.15) is 0 Å². The molecule has 2 nitrogen and oxygen atoms in total. The molecule has 0 aliphatic carbocycles. The Labute approximate surface area is 85.2 Å². The highest BCUT2D eigenvalue weighted by molar-refractivity contribution is 7.13. The Balaban J connectivity index is 2.24. The summed E-state index contributed by atoms with van der Waals surface area (Å²) in [5.74, 6) is 0. The Kier molecular flexibility index (Phi) is 2.47. The van der Waals surface area contributed by atoms with Gasteiger partial charge in [-0.05, 0) is 12.1 Å². The first-order valence-electron chi connectivity index (χ1n) is 3.77. The number of thiazole rings is 1. The summed E-state index contributed by atoms with van der Waals surface area (Å²) in [6.45, 7) is 0. The minimum atomic E-state index is 0.706. The van der Waals surface area contributed by atoms with Crippen LogP contribution in [-0.2, 0) is 0 Å². The van der Waals surface area contributed by atoms with Crippen LogP contribution >= 0.6 is 22.9 Å². The molecule has 0 amide bonds. The first-order valence-corrected chi connectivity index (χ1v) is 5.03. The normalized spacial score (nSPS) is 9.92. The monoisotopic (exact) mass is 210 g/mol. The highest BCUT2D eigenvalue weighted by Crippen LogP contribution is 2.25. The smallest absolute Gasteiger partial charge is 0.187 e. The van der Waals surface area contributed by atoms with Crippen molar-refractivity contribution >= 4 is 33.8 Å². The van der Waals surface area contributed by atoms with Crippen molar-refractivity contribution in [3.05, 3.63) is 40.9 Å². The van der Waals surface area contributed by atoms with Crippen molar-refractivity contribution in [3.8, 4) is 0 Å². The quantitative estimate of drug-likeness (QED) is 0.820. The number of aromatic nitrogens is 1. The predicted molar refractivity (Wildman–Crippen MR) is 56.8 cm³/mol. The fourth-order valence-corrected chi connectivity index (χ4v) is 1.69. The van der Waals surface area contributed by atoms with Gasteiger partial charge in [0.2, 0.25) is 0 Å². The van der Waals surface area contributed by atoms with Gasteiger partial charge in [0.25, 0.3) is 0 Å². The average molecular weight is 211 g/mol. The first kappa shape index (κ1) is 8.53. The van der Waals surface area contributed by atoms with Gasteiger partial charge < -0.3 is 5.32 Å². The maximum atomic E-state index is 5.96. The van der Waals surface area contributed by atoms with Crippen molar-refractivity contribution in [3.63, 3.8) is 0 Å². The molecule has 66 valence electrons. The summed E-state index contributed by atoms with van der Waals surface area (Å²) in [5.41, 5.74) is 0.888. The molecule has 0 atom stereocenters.